The predicted molar refractivity (Wildman–Crippen MR) is 112 cm³/mol. The topological polar surface area (TPSA) is 105 Å². The van der Waals surface area contributed by atoms with E-state index >= 15 is 0 Å². The van der Waals surface area contributed by atoms with Crippen LogP contribution in [0.5, 0.6) is 0 Å². The minimum atomic E-state index is -0.453. The first kappa shape index (κ1) is 19.6. The molecule has 4 rings (SSSR count). The Morgan fingerprint density at radius 1 is 1.34 bits per heavy atom. The summed E-state index contributed by atoms with van der Waals surface area (Å²) in [5.41, 5.74) is 2.46. The second-order valence-corrected chi connectivity index (χ2v) is 9.14. The molecule has 1 aliphatic rings. The van der Waals surface area contributed by atoms with E-state index in [4.69, 9.17) is 4.42 Å². The first-order valence-electron chi connectivity index (χ1n) is 9.41. The average molecular weight is 426 g/mol. The first-order chi connectivity index (χ1) is 14.2. The lowest BCUT2D eigenvalue weighted by Gasteiger charge is -2.09. The van der Waals surface area contributed by atoms with Crippen molar-refractivity contribution < 1.29 is 9.21 Å². The summed E-state index contributed by atoms with van der Waals surface area (Å²) < 4.78 is 5.64. The SMILES string of the molecule is C[C@@H](Sc1nnc(-c2cccnc2)o1)C(=O)Nc1sc2c(c1C#N)CCCCC2. The van der Waals surface area contributed by atoms with Crippen LogP contribution in [0, 0.1) is 11.3 Å². The number of nitriles is 1. The largest absolute Gasteiger partial charge is 0.411 e. The number of carbonyl (C=O) groups excluding carboxylic acids is 1. The van der Waals surface area contributed by atoms with Crippen LogP contribution in [0.25, 0.3) is 11.5 Å². The van der Waals surface area contributed by atoms with Crippen molar-refractivity contribution in [1.82, 2.24) is 15.2 Å². The summed E-state index contributed by atoms with van der Waals surface area (Å²) in [5.74, 6) is 0.172. The number of nitrogens with zero attached hydrogens (tertiary/aromatic N) is 4. The summed E-state index contributed by atoms with van der Waals surface area (Å²) in [7, 11) is 0. The fraction of sp³-hybridized carbons (Fsp3) is 0.350. The molecule has 3 heterocycles. The van der Waals surface area contributed by atoms with Gasteiger partial charge in [-0.2, -0.15) is 5.26 Å². The molecule has 7 nitrogen and oxygen atoms in total. The highest BCUT2D eigenvalue weighted by Gasteiger charge is 2.24. The highest BCUT2D eigenvalue weighted by Crippen LogP contribution is 2.37. The number of fused-ring (bicyclic) bond motifs is 1. The molecule has 29 heavy (non-hydrogen) atoms. The van der Waals surface area contributed by atoms with Crippen molar-refractivity contribution >= 4 is 34.0 Å². The van der Waals surface area contributed by atoms with Crippen LogP contribution in [0.1, 0.15) is 42.2 Å². The molecule has 9 heteroatoms. The van der Waals surface area contributed by atoms with Gasteiger partial charge < -0.3 is 9.73 Å². The number of pyridine rings is 1. The maximum atomic E-state index is 12.7. The smallest absolute Gasteiger partial charge is 0.277 e. The van der Waals surface area contributed by atoms with Crippen LogP contribution < -0.4 is 5.32 Å². The van der Waals surface area contributed by atoms with Crippen molar-refractivity contribution in [2.24, 2.45) is 0 Å². The van der Waals surface area contributed by atoms with E-state index in [0.29, 0.717) is 21.7 Å². The van der Waals surface area contributed by atoms with Crippen molar-refractivity contribution in [2.75, 3.05) is 5.32 Å². The van der Waals surface area contributed by atoms with E-state index in [9.17, 15) is 10.1 Å². The molecule has 3 aromatic rings. The Morgan fingerprint density at radius 2 is 2.21 bits per heavy atom. The number of aryl methyl sites for hydroxylation is 1. The minimum absolute atomic E-state index is 0.191. The molecule has 1 aliphatic carbocycles. The van der Waals surface area contributed by atoms with Crippen LogP contribution in [-0.4, -0.2) is 26.3 Å². The number of nitrogens with one attached hydrogen (secondary N) is 1. The van der Waals surface area contributed by atoms with Crippen LogP contribution in [0.4, 0.5) is 5.00 Å². The van der Waals surface area contributed by atoms with Gasteiger partial charge >= 0.3 is 0 Å². The first-order valence-corrected chi connectivity index (χ1v) is 11.1. The third-order valence-corrected chi connectivity index (χ3v) is 6.87. The zero-order valence-electron chi connectivity index (χ0n) is 15.8. The summed E-state index contributed by atoms with van der Waals surface area (Å²) in [6.07, 6.45) is 8.61. The zero-order valence-corrected chi connectivity index (χ0v) is 17.5. The van der Waals surface area contributed by atoms with Crippen LogP contribution in [-0.2, 0) is 17.6 Å². The van der Waals surface area contributed by atoms with Gasteiger partial charge in [0.05, 0.1) is 16.4 Å². The Labute approximate surface area is 176 Å². The van der Waals surface area contributed by atoms with Crippen LogP contribution in [0.3, 0.4) is 0 Å². The van der Waals surface area contributed by atoms with Crippen LogP contribution in [0.15, 0.2) is 34.2 Å². The molecule has 0 radical (unpaired) electrons. The van der Waals surface area contributed by atoms with E-state index in [1.807, 2.05) is 6.07 Å². The Bertz CT molecular complexity index is 1050. The minimum Gasteiger partial charge on any atom is -0.411 e. The van der Waals surface area contributed by atoms with Crippen molar-refractivity contribution in [3.8, 4) is 17.5 Å². The maximum absolute atomic E-state index is 12.7. The Balaban J connectivity index is 1.44. The normalized spacial score (nSPS) is 14.5. The second kappa shape index (κ2) is 8.76. The lowest BCUT2D eigenvalue weighted by Crippen LogP contribution is -2.22. The van der Waals surface area contributed by atoms with Crippen molar-refractivity contribution in [2.45, 2.75) is 49.5 Å². The van der Waals surface area contributed by atoms with E-state index in [0.717, 1.165) is 36.8 Å². The van der Waals surface area contributed by atoms with Crippen molar-refractivity contribution in [3.63, 3.8) is 0 Å². The van der Waals surface area contributed by atoms with E-state index < -0.39 is 5.25 Å². The Morgan fingerprint density at radius 3 is 3.00 bits per heavy atom. The van der Waals surface area contributed by atoms with Gasteiger partial charge in [0, 0.05) is 17.3 Å². The fourth-order valence-corrected chi connectivity index (χ4v) is 5.16. The van der Waals surface area contributed by atoms with Gasteiger partial charge in [-0.25, -0.2) is 0 Å². The van der Waals surface area contributed by atoms with Gasteiger partial charge in [-0.1, -0.05) is 18.2 Å². The Hall–Kier alpha value is -2.70. The third kappa shape index (κ3) is 4.33. The number of hydrogen-bond acceptors (Lipinski definition) is 8. The van der Waals surface area contributed by atoms with E-state index in [-0.39, 0.29) is 5.91 Å². The Kier molecular flexibility index (Phi) is 5.92. The van der Waals surface area contributed by atoms with Crippen molar-refractivity contribution in [1.29, 1.82) is 5.26 Å². The van der Waals surface area contributed by atoms with Gasteiger partial charge in [-0.15, -0.1) is 21.5 Å². The molecule has 0 spiro atoms. The number of thioether (sulfide) groups is 1. The number of rotatable bonds is 5. The molecule has 0 fully saturated rings. The molecular weight excluding hydrogens is 406 g/mol. The van der Waals surface area contributed by atoms with Gasteiger partial charge in [-0.05, 0) is 50.3 Å². The molecule has 1 N–H and O–H groups in total. The summed E-state index contributed by atoms with van der Waals surface area (Å²) in [5, 5.41) is 21.1. The molecule has 0 bridgehead atoms. The van der Waals surface area contributed by atoms with Crippen LogP contribution >= 0.6 is 23.1 Å². The van der Waals surface area contributed by atoms with Gasteiger partial charge in [-0.3, -0.25) is 9.78 Å². The van der Waals surface area contributed by atoms with E-state index in [1.165, 1.54) is 34.4 Å². The fourth-order valence-electron chi connectivity index (χ4n) is 3.23. The van der Waals surface area contributed by atoms with Gasteiger partial charge in [0.1, 0.15) is 11.1 Å². The number of thiophene rings is 1. The highest BCUT2D eigenvalue weighted by atomic mass is 32.2. The third-order valence-electron chi connectivity index (χ3n) is 4.73. The zero-order chi connectivity index (χ0) is 20.2. The summed E-state index contributed by atoms with van der Waals surface area (Å²) in [4.78, 5) is 18.0. The molecule has 0 aromatic carbocycles. The van der Waals surface area contributed by atoms with Crippen molar-refractivity contribution in [3.05, 3.63) is 40.5 Å². The van der Waals surface area contributed by atoms with Gasteiger partial charge in [0.15, 0.2) is 0 Å². The number of hydrogen-bond donors (Lipinski definition) is 1. The molecule has 1 amide bonds. The summed E-state index contributed by atoms with van der Waals surface area (Å²) in [6.45, 7) is 1.78. The number of anilines is 1. The molecule has 0 saturated heterocycles. The number of carbonyl (C=O) groups is 1. The molecule has 0 unspecified atom stereocenters. The highest BCUT2D eigenvalue weighted by molar-refractivity contribution is 8.00. The maximum Gasteiger partial charge on any atom is 0.277 e. The van der Waals surface area contributed by atoms with Crippen LogP contribution in [0.2, 0.25) is 0 Å². The quantitative estimate of drug-likeness (QED) is 0.475. The molecule has 3 aromatic heterocycles. The van der Waals surface area contributed by atoms with Gasteiger partial charge in [0.25, 0.3) is 5.22 Å². The second-order valence-electron chi connectivity index (χ2n) is 6.74. The summed E-state index contributed by atoms with van der Waals surface area (Å²) >= 11 is 2.72. The lowest BCUT2D eigenvalue weighted by atomic mass is 10.1. The number of amides is 1. The molecule has 1 atom stereocenters. The van der Waals surface area contributed by atoms with E-state index in [2.05, 4.69) is 26.6 Å². The van der Waals surface area contributed by atoms with Gasteiger partial charge in [0.2, 0.25) is 11.8 Å². The van der Waals surface area contributed by atoms with E-state index in [1.54, 1.807) is 25.4 Å². The predicted octanol–water partition coefficient (Wildman–Crippen LogP) is 4.45. The molecular formula is C20H19N5O2S2. The standard InChI is InChI=1S/C20H19N5O2S2/c1-12(28-20-25-24-18(27-20)13-6-5-9-22-11-13)17(26)23-19-15(10-21)14-7-3-2-4-8-16(14)29-19/h5-6,9,11-12H,2-4,7-8H2,1H3,(H,23,26)/t12-/m1/s1. The lowest BCUT2D eigenvalue weighted by molar-refractivity contribution is -0.115. The summed E-state index contributed by atoms with van der Waals surface area (Å²) in [6, 6.07) is 5.91. The number of aromatic nitrogens is 3. The average Bonchev–Trinajstić information content (AvgIpc) is 3.25. The molecule has 0 saturated carbocycles. The molecule has 0 aliphatic heterocycles. The molecule has 148 valence electrons. The monoisotopic (exact) mass is 425 g/mol.